The van der Waals surface area contributed by atoms with Gasteiger partial charge in [-0.15, -0.1) is 0 Å². The van der Waals surface area contributed by atoms with Gasteiger partial charge in [0.25, 0.3) is 0 Å². The minimum Gasteiger partial charge on any atom is -0.483 e. The molecule has 0 saturated carbocycles. The number of fused-ring (bicyclic) bond motifs is 10. The zero-order chi connectivity index (χ0) is 36.0. The van der Waals surface area contributed by atoms with Crippen LogP contribution in [0.3, 0.4) is 0 Å². The van der Waals surface area contributed by atoms with E-state index >= 15 is 0 Å². The number of hydrogen-bond donors (Lipinski definition) is 0. The van der Waals surface area contributed by atoms with Gasteiger partial charge in [0.05, 0.1) is 23.8 Å². The smallest absolute Gasteiger partial charge is 0.148 e. The lowest BCUT2D eigenvalue weighted by Crippen LogP contribution is -2.37. The molecule has 1 saturated heterocycles. The summed E-state index contributed by atoms with van der Waals surface area (Å²) in [7, 11) is 0. The van der Waals surface area contributed by atoms with Crippen molar-refractivity contribution < 1.29 is 4.74 Å². The van der Waals surface area contributed by atoms with Crippen LogP contribution in [0.25, 0.3) is 16.8 Å². The maximum atomic E-state index is 6.95. The Morgan fingerprint density at radius 2 is 1.33 bits per heavy atom. The summed E-state index contributed by atoms with van der Waals surface area (Å²) in [5.41, 5.74) is 14.6. The van der Waals surface area contributed by atoms with E-state index in [1.165, 1.54) is 61.6 Å². The lowest BCUT2D eigenvalue weighted by molar-refractivity contribution is 0.269. The zero-order valence-electron chi connectivity index (χ0n) is 30.7. The maximum Gasteiger partial charge on any atom is 0.148 e. The monoisotopic (exact) mass is 710 g/mol. The summed E-state index contributed by atoms with van der Waals surface area (Å²) >= 11 is 0. The van der Waals surface area contributed by atoms with E-state index in [4.69, 9.17) is 4.74 Å². The second-order valence-corrected chi connectivity index (χ2v) is 16.1. The average Bonchev–Trinajstić information content (AvgIpc) is 3.91. The molecule has 5 aliphatic carbocycles. The van der Waals surface area contributed by atoms with E-state index in [1.54, 1.807) is 0 Å². The Morgan fingerprint density at radius 3 is 2.27 bits per heavy atom. The molecular weight excluding hydrogens is 669 g/mol. The highest BCUT2D eigenvalue weighted by atomic mass is 16.5. The molecule has 3 heteroatoms. The Labute approximate surface area is 323 Å². The molecule has 0 radical (unpaired) electrons. The van der Waals surface area contributed by atoms with E-state index in [9.17, 15) is 0 Å². The van der Waals surface area contributed by atoms with Crippen molar-refractivity contribution in [1.82, 2.24) is 0 Å². The highest BCUT2D eigenvalue weighted by molar-refractivity contribution is 5.88. The van der Waals surface area contributed by atoms with Gasteiger partial charge >= 0.3 is 0 Å². The second kappa shape index (κ2) is 12.2. The number of anilines is 2. The molecule has 0 N–H and O–H groups in total. The number of ether oxygens (including phenoxy) is 1. The molecule has 8 aliphatic rings. The van der Waals surface area contributed by atoms with Gasteiger partial charge in [-0.05, 0) is 64.5 Å². The number of para-hydroxylation sites is 1. The Hall–Kier alpha value is -6.06. The van der Waals surface area contributed by atoms with Crippen molar-refractivity contribution in [3.8, 4) is 16.9 Å². The van der Waals surface area contributed by atoms with Crippen LogP contribution in [0, 0.1) is 11.8 Å². The third-order valence-corrected chi connectivity index (χ3v) is 13.4. The van der Waals surface area contributed by atoms with Gasteiger partial charge in [0.15, 0.2) is 0 Å². The van der Waals surface area contributed by atoms with Gasteiger partial charge < -0.3 is 14.5 Å². The van der Waals surface area contributed by atoms with Gasteiger partial charge in [-0.3, -0.25) is 0 Å². The van der Waals surface area contributed by atoms with Gasteiger partial charge in [0, 0.05) is 46.2 Å². The van der Waals surface area contributed by atoms with Gasteiger partial charge in [-0.2, -0.15) is 0 Å². The minimum atomic E-state index is 0.0163. The van der Waals surface area contributed by atoms with E-state index in [0.717, 1.165) is 18.6 Å². The van der Waals surface area contributed by atoms with Crippen LogP contribution in [-0.2, 0) is 6.42 Å². The summed E-state index contributed by atoms with van der Waals surface area (Å²) in [4.78, 5) is 5.28. The van der Waals surface area contributed by atoms with Crippen molar-refractivity contribution in [2.45, 2.75) is 48.9 Å². The fraction of sp³-hybridized carbons (Fsp3) is 0.192. The van der Waals surface area contributed by atoms with Crippen molar-refractivity contribution in [1.29, 1.82) is 0 Å². The molecule has 55 heavy (non-hydrogen) atoms. The van der Waals surface area contributed by atoms with Crippen LogP contribution in [-0.4, -0.2) is 24.2 Å². The Bertz CT molecular complexity index is 2540. The fourth-order valence-corrected chi connectivity index (χ4v) is 11.0. The largest absolute Gasteiger partial charge is 0.483 e. The van der Waals surface area contributed by atoms with Crippen LogP contribution in [0.4, 0.5) is 11.4 Å². The molecule has 1 fully saturated rings. The number of allylic oxidation sites excluding steroid dienone is 9. The summed E-state index contributed by atoms with van der Waals surface area (Å²) in [5.74, 6) is 2.24. The molecule has 0 spiro atoms. The van der Waals surface area contributed by atoms with Crippen molar-refractivity contribution in [2.75, 3.05) is 9.80 Å². The molecule has 3 aliphatic heterocycles. The molecular formula is C52H42N2O. The van der Waals surface area contributed by atoms with Crippen molar-refractivity contribution in [2.24, 2.45) is 11.8 Å². The first kappa shape index (κ1) is 31.3. The number of benzene rings is 4. The topological polar surface area (TPSA) is 15.7 Å². The summed E-state index contributed by atoms with van der Waals surface area (Å²) in [6, 6.07) is 34.3. The number of nitrogens with zero attached hydrogens (tertiary/aromatic N) is 2. The lowest BCUT2D eigenvalue weighted by atomic mass is 9.78. The van der Waals surface area contributed by atoms with Crippen LogP contribution < -0.4 is 14.5 Å². The number of aryl methyl sites for hydroxylation is 1. The molecule has 3 nitrogen and oxygen atoms in total. The summed E-state index contributed by atoms with van der Waals surface area (Å²) in [5, 5.41) is 0. The van der Waals surface area contributed by atoms with E-state index < -0.39 is 0 Å². The third-order valence-electron chi connectivity index (χ3n) is 13.4. The summed E-state index contributed by atoms with van der Waals surface area (Å²) in [6.45, 7) is 0. The number of rotatable bonds is 4. The molecule has 4 aromatic carbocycles. The zero-order valence-corrected chi connectivity index (χ0v) is 30.7. The van der Waals surface area contributed by atoms with Crippen LogP contribution in [0.5, 0.6) is 5.75 Å². The van der Waals surface area contributed by atoms with Crippen molar-refractivity contribution in [3.63, 3.8) is 0 Å². The predicted molar refractivity (Wildman–Crippen MR) is 225 cm³/mol. The Balaban J connectivity index is 0.908. The van der Waals surface area contributed by atoms with Crippen molar-refractivity contribution >= 4 is 17.1 Å². The van der Waals surface area contributed by atoms with E-state index in [1.807, 2.05) is 0 Å². The van der Waals surface area contributed by atoms with Gasteiger partial charge in [-0.1, -0.05) is 164 Å². The quantitative estimate of drug-likeness (QED) is 0.210. The first-order chi connectivity index (χ1) is 27.3. The molecule has 8 unspecified atom stereocenters. The fourth-order valence-electron chi connectivity index (χ4n) is 11.0. The van der Waals surface area contributed by atoms with Gasteiger partial charge in [0.1, 0.15) is 11.9 Å². The maximum absolute atomic E-state index is 6.95. The van der Waals surface area contributed by atoms with Crippen LogP contribution in [0.15, 0.2) is 193 Å². The first-order valence-electron chi connectivity index (χ1n) is 20.1. The standard InChI is InChI=1S/C52H42N2O/c1-2-13-34(14-3-1)38-27-30-49(52-51(38)41-20-8-11-24-50(41)55-52)54-46-22-10-7-19-40(46)43-32-36(26-29-48(43)54)35-25-28-47-42(31-35)39-18-6-9-21-45(39)53(47)44-23-12-16-33-15-4-5-17-37(33)44/h1-11,13-15,17-32,40-43,46-48,50H,12,16H2. The molecule has 3 heterocycles. The van der Waals surface area contributed by atoms with Crippen LogP contribution in [0.1, 0.15) is 40.5 Å². The second-order valence-electron chi connectivity index (χ2n) is 16.1. The molecule has 4 aromatic rings. The Morgan fingerprint density at radius 1 is 0.564 bits per heavy atom. The van der Waals surface area contributed by atoms with Crippen LogP contribution >= 0.6 is 0 Å². The lowest BCUT2D eigenvalue weighted by Gasteiger charge is -2.35. The SMILES string of the molecule is C1=CC2Oc3c(N4C5C=CC=CC5C5C=C(C6=CC7c8ccccc8N(C8=CCCc9ccccc98)C7C=C6)C=CC54)ccc(-c4ccccc4)c3C2C=C1. The highest BCUT2D eigenvalue weighted by Crippen LogP contribution is 2.56. The van der Waals surface area contributed by atoms with Gasteiger partial charge in [0.2, 0.25) is 0 Å². The highest BCUT2D eigenvalue weighted by Gasteiger charge is 2.49. The molecule has 12 rings (SSSR count). The normalized spacial score (nSPS) is 29.6. The Kier molecular flexibility index (Phi) is 6.96. The van der Waals surface area contributed by atoms with E-state index in [2.05, 4.69) is 192 Å². The molecule has 0 amide bonds. The average molecular weight is 711 g/mol. The van der Waals surface area contributed by atoms with Crippen LogP contribution in [0.2, 0.25) is 0 Å². The predicted octanol–water partition coefficient (Wildman–Crippen LogP) is 11.2. The number of hydrogen-bond acceptors (Lipinski definition) is 3. The van der Waals surface area contributed by atoms with Gasteiger partial charge in [-0.25, -0.2) is 0 Å². The van der Waals surface area contributed by atoms with E-state index in [0.29, 0.717) is 11.8 Å². The molecule has 8 atom stereocenters. The molecule has 0 aromatic heterocycles. The van der Waals surface area contributed by atoms with E-state index in [-0.39, 0.29) is 36.1 Å². The summed E-state index contributed by atoms with van der Waals surface area (Å²) in [6.07, 6.45) is 37.8. The third kappa shape index (κ3) is 4.69. The minimum absolute atomic E-state index is 0.0163. The molecule has 0 bridgehead atoms. The molecule has 266 valence electrons. The first-order valence-corrected chi connectivity index (χ1v) is 20.1. The van der Waals surface area contributed by atoms with Crippen molar-refractivity contribution in [3.05, 3.63) is 216 Å². The summed E-state index contributed by atoms with van der Waals surface area (Å²) < 4.78 is 6.95.